The Balaban J connectivity index is 1.58. The van der Waals surface area contributed by atoms with Crippen LogP contribution in [0.3, 0.4) is 0 Å². The summed E-state index contributed by atoms with van der Waals surface area (Å²) < 4.78 is 87.4. The molecule has 0 aliphatic heterocycles. The molecule has 0 radical (unpaired) electrons. The standard InChI is InChI=1S/C27H31F6NO3/c1-14(34-22-13-20(24(35)36)25(22,2)3)16-5-4-15-6-11-21(23(19(15)12-16)27(31,32)33)37-18-9-7-17(8-10-18)26(28,29)30/h4-6,11-12,14,17-18,20,22,34H,7-10,13H2,1-3H3,(H,35,36)/t14?,17-,18+,20?,22-/m0/s1. The Hall–Kier alpha value is -2.49. The van der Waals surface area contributed by atoms with Gasteiger partial charge < -0.3 is 15.2 Å². The van der Waals surface area contributed by atoms with Gasteiger partial charge in [-0.1, -0.05) is 32.0 Å². The molecule has 0 heterocycles. The molecule has 0 aromatic heterocycles. The van der Waals surface area contributed by atoms with Crippen molar-refractivity contribution in [3.8, 4) is 5.75 Å². The normalized spacial score (nSPS) is 26.9. The number of rotatable bonds is 6. The second-order valence-electron chi connectivity index (χ2n) is 10.9. The molecule has 2 aromatic carbocycles. The van der Waals surface area contributed by atoms with E-state index < -0.39 is 47.2 Å². The lowest BCUT2D eigenvalue weighted by atomic mass is 9.58. The van der Waals surface area contributed by atoms with Crippen molar-refractivity contribution in [3.05, 3.63) is 41.5 Å². The molecule has 0 amide bonds. The second kappa shape index (κ2) is 9.67. The van der Waals surface area contributed by atoms with Crippen molar-refractivity contribution in [2.24, 2.45) is 17.3 Å². The van der Waals surface area contributed by atoms with Crippen LogP contribution in [0, 0.1) is 17.3 Å². The van der Waals surface area contributed by atoms with E-state index in [1.807, 2.05) is 20.8 Å². The summed E-state index contributed by atoms with van der Waals surface area (Å²) >= 11 is 0. The van der Waals surface area contributed by atoms with Gasteiger partial charge >= 0.3 is 18.3 Å². The maximum atomic E-state index is 14.3. The van der Waals surface area contributed by atoms with E-state index in [1.165, 1.54) is 18.2 Å². The van der Waals surface area contributed by atoms with Gasteiger partial charge in [-0.25, -0.2) is 0 Å². The largest absolute Gasteiger partial charge is 0.490 e. The molecule has 4 nitrogen and oxygen atoms in total. The summed E-state index contributed by atoms with van der Waals surface area (Å²) in [6.45, 7) is 5.53. The Morgan fingerprint density at radius 3 is 2.22 bits per heavy atom. The molecule has 2 unspecified atom stereocenters. The lowest BCUT2D eigenvalue weighted by Gasteiger charge is -2.51. The van der Waals surface area contributed by atoms with Crippen LogP contribution in [0.4, 0.5) is 26.3 Å². The second-order valence-corrected chi connectivity index (χ2v) is 10.9. The first-order valence-electron chi connectivity index (χ1n) is 12.4. The van der Waals surface area contributed by atoms with Gasteiger partial charge in [0.1, 0.15) is 11.3 Å². The van der Waals surface area contributed by atoms with Crippen molar-refractivity contribution in [1.82, 2.24) is 5.32 Å². The zero-order valence-electron chi connectivity index (χ0n) is 20.8. The number of carboxylic acids is 1. The highest BCUT2D eigenvalue weighted by molar-refractivity contribution is 5.89. The number of halogens is 6. The van der Waals surface area contributed by atoms with E-state index in [0.717, 1.165) is 0 Å². The SMILES string of the molecule is CC(N[C@H]1CC(C(=O)O)C1(C)C)c1ccc2ccc(O[C@H]3CC[C@@H](C(F)(F)F)CC3)c(C(F)(F)F)c2c1. The van der Waals surface area contributed by atoms with Crippen molar-refractivity contribution in [3.63, 3.8) is 0 Å². The highest BCUT2D eigenvalue weighted by Gasteiger charge is 2.52. The van der Waals surface area contributed by atoms with Gasteiger partial charge in [0.2, 0.25) is 0 Å². The number of aliphatic carboxylic acids is 1. The Kier molecular flexibility index (Phi) is 7.20. The molecular formula is C27H31F6NO3. The topological polar surface area (TPSA) is 58.6 Å². The highest BCUT2D eigenvalue weighted by Crippen LogP contribution is 2.48. The van der Waals surface area contributed by atoms with Crippen LogP contribution in [0.15, 0.2) is 30.3 Å². The van der Waals surface area contributed by atoms with E-state index in [0.29, 0.717) is 17.4 Å². The van der Waals surface area contributed by atoms with Crippen LogP contribution < -0.4 is 10.1 Å². The molecule has 2 fully saturated rings. The van der Waals surface area contributed by atoms with E-state index in [1.54, 1.807) is 12.1 Å². The molecule has 4 rings (SSSR count). The fourth-order valence-corrected chi connectivity index (χ4v) is 5.69. The average molecular weight is 532 g/mol. The monoisotopic (exact) mass is 531 g/mol. The smallest absolute Gasteiger partial charge is 0.420 e. The fourth-order valence-electron chi connectivity index (χ4n) is 5.69. The molecular weight excluding hydrogens is 500 g/mol. The minimum Gasteiger partial charge on any atom is -0.490 e. The third kappa shape index (κ3) is 5.54. The number of fused-ring (bicyclic) bond motifs is 1. The van der Waals surface area contributed by atoms with Crippen molar-refractivity contribution in [2.75, 3.05) is 0 Å². The minimum absolute atomic E-state index is 0.0367. The lowest BCUT2D eigenvalue weighted by Crippen LogP contribution is -2.59. The molecule has 2 saturated carbocycles. The van der Waals surface area contributed by atoms with Crippen molar-refractivity contribution in [1.29, 1.82) is 0 Å². The summed E-state index contributed by atoms with van der Waals surface area (Å²) in [5.74, 6) is -3.18. The van der Waals surface area contributed by atoms with Gasteiger partial charge in [0.15, 0.2) is 0 Å². The minimum atomic E-state index is -4.74. The molecule has 204 valence electrons. The predicted octanol–water partition coefficient (Wildman–Crippen LogP) is 7.51. The van der Waals surface area contributed by atoms with Crippen LogP contribution in [-0.4, -0.2) is 29.4 Å². The molecule has 2 aromatic rings. The van der Waals surface area contributed by atoms with E-state index in [2.05, 4.69) is 5.32 Å². The number of alkyl halides is 6. The van der Waals surface area contributed by atoms with Gasteiger partial charge in [0.25, 0.3) is 0 Å². The van der Waals surface area contributed by atoms with E-state index in [9.17, 15) is 36.2 Å². The molecule has 2 aliphatic rings. The first-order chi connectivity index (χ1) is 17.1. The summed E-state index contributed by atoms with van der Waals surface area (Å²) in [6, 6.07) is 7.11. The third-order valence-corrected chi connectivity index (χ3v) is 8.24. The zero-order chi connectivity index (χ0) is 27.3. The number of benzene rings is 2. The van der Waals surface area contributed by atoms with Crippen molar-refractivity contribution in [2.45, 2.75) is 83.4 Å². The zero-order valence-corrected chi connectivity index (χ0v) is 20.8. The summed E-state index contributed by atoms with van der Waals surface area (Å²) in [6.07, 6.45) is -9.60. The summed E-state index contributed by atoms with van der Waals surface area (Å²) in [4.78, 5) is 11.4. The number of carboxylic acid groups (broad SMARTS) is 1. The molecule has 2 N–H and O–H groups in total. The number of nitrogens with one attached hydrogen (secondary N) is 1. The van der Waals surface area contributed by atoms with Crippen LogP contribution in [0.1, 0.15) is 70.0 Å². The first kappa shape index (κ1) is 27.5. The number of hydrogen-bond acceptors (Lipinski definition) is 3. The van der Waals surface area contributed by atoms with Crippen LogP contribution >= 0.6 is 0 Å². The van der Waals surface area contributed by atoms with Gasteiger partial charge in [-0.3, -0.25) is 4.79 Å². The predicted molar refractivity (Wildman–Crippen MR) is 126 cm³/mol. The maximum absolute atomic E-state index is 14.3. The average Bonchev–Trinajstić information content (AvgIpc) is 2.79. The van der Waals surface area contributed by atoms with E-state index >= 15 is 0 Å². The Bertz CT molecular complexity index is 1150. The molecule has 0 bridgehead atoms. The Morgan fingerprint density at radius 2 is 1.68 bits per heavy atom. The molecule has 37 heavy (non-hydrogen) atoms. The number of hydrogen-bond donors (Lipinski definition) is 2. The van der Waals surface area contributed by atoms with Crippen LogP contribution in [0.2, 0.25) is 0 Å². The maximum Gasteiger partial charge on any atom is 0.420 e. The van der Waals surface area contributed by atoms with Gasteiger partial charge in [0.05, 0.1) is 17.9 Å². The van der Waals surface area contributed by atoms with Gasteiger partial charge in [-0.15, -0.1) is 0 Å². The van der Waals surface area contributed by atoms with Gasteiger partial charge in [-0.05, 0) is 72.9 Å². The summed E-state index contributed by atoms with van der Waals surface area (Å²) in [5.41, 5.74) is -0.831. The molecule has 3 atom stereocenters. The van der Waals surface area contributed by atoms with Gasteiger partial charge in [-0.2, -0.15) is 26.3 Å². The van der Waals surface area contributed by atoms with E-state index in [4.69, 9.17) is 4.74 Å². The molecule has 10 heteroatoms. The molecule has 0 spiro atoms. The number of ether oxygens (including phenoxy) is 1. The first-order valence-corrected chi connectivity index (χ1v) is 12.4. The van der Waals surface area contributed by atoms with E-state index in [-0.39, 0.29) is 48.9 Å². The molecule has 0 saturated heterocycles. The quantitative estimate of drug-likeness (QED) is 0.379. The van der Waals surface area contributed by atoms with Crippen molar-refractivity contribution < 1.29 is 41.0 Å². The Morgan fingerprint density at radius 1 is 1.05 bits per heavy atom. The van der Waals surface area contributed by atoms with Crippen LogP contribution in [0.25, 0.3) is 10.8 Å². The Labute approximate surface area is 211 Å². The van der Waals surface area contributed by atoms with Crippen LogP contribution in [-0.2, 0) is 11.0 Å². The highest BCUT2D eigenvalue weighted by atomic mass is 19.4. The summed E-state index contributed by atoms with van der Waals surface area (Å²) in [5, 5.41) is 13.0. The van der Waals surface area contributed by atoms with Crippen LogP contribution in [0.5, 0.6) is 5.75 Å². The summed E-state index contributed by atoms with van der Waals surface area (Å²) in [7, 11) is 0. The van der Waals surface area contributed by atoms with Gasteiger partial charge in [0, 0.05) is 12.1 Å². The fraction of sp³-hybridized carbons (Fsp3) is 0.593. The number of carbonyl (C=O) groups is 1. The molecule has 2 aliphatic carbocycles. The third-order valence-electron chi connectivity index (χ3n) is 8.24. The van der Waals surface area contributed by atoms with Crippen molar-refractivity contribution >= 4 is 16.7 Å². The lowest BCUT2D eigenvalue weighted by molar-refractivity contribution is -0.185.